The molecule has 2 aliphatic rings. The molecule has 0 heterocycles. The monoisotopic (exact) mass is 263 g/mol. The summed E-state index contributed by atoms with van der Waals surface area (Å²) in [4.78, 5) is 4.32. The quantitative estimate of drug-likeness (QED) is 0.438. The molecule has 0 aliphatic heterocycles. The van der Waals surface area contributed by atoms with Crippen LogP contribution in [0.2, 0.25) is 0 Å². The van der Waals surface area contributed by atoms with Crippen LogP contribution in [0.5, 0.6) is 0 Å². The number of allylic oxidation sites excluding steroid dienone is 1. The maximum absolute atomic E-state index is 4.32. The second kappa shape index (κ2) is 6.97. The Kier molecular flexibility index (Phi) is 5.29. The molecule has 0 radical (unpaired) electrons. The summed E-state index contributed by atoms with van der Waals surface area (Å²) in [5.41, 5.74) is 2.16. The first-order chi connectivity index (χ1) is 9.28. The molecule has 0 saturated heterocycles. The fourth-order valence-corrected chi connectivity index (χ4v) is 3.13. The van der Waals surface area contributed by atoms with E-state index in [0.29, 0.717) is 5.41 Å². The number of hydrogen-bond acceptors (Lipinski definition) is 1. The van der Waals surface area contributed by atoms with Crippen molar-refractivity contribution in [3.05, 3.63) is 11.6 Å². The van der Waals surface area contributed by atoms with Crippen molar-refractivity contribution in [1.82, 2.24) is 10.6 Å². The van der Waals surface area contributed by atoms with Crippen LogP contribution in [0.3, 0.4) is 0 Å². The van der Waals surface area contributed by atoms with Gasteiger partial charge in [0.1, 0.15) is 0 Å². The van der Waals surface area contributed by atoms with Crippen molar-refractivity contribution < 1.29 is 0 Å². The second-order valence-corrected chi connectivity index (χ2v) is 6.06. The van der Waals surface area contributed by atoms with Gasteiger partial charge in [0.2, 0.25) is 0 Å². The third-order valence-electron chi connectivity index (χ3n) is 4.89. The zero-order valence-corrected chi connectivity index (χ0v) is 12.6. The molecule has 19 heavy (non-hydrogen) atoms. The fraction of sp³-hybridized carbons (Fsp3) is 0.812. The molecule has 1 saturated carbocycles. The molecular formula is C16H29N3. The van der Waals surface area contributed by atoms with E-state index < -0.39 is 0 Å². The van der Waals surface area contributed by atoms with E-state index in [2.05, 4.69) is 28.6 Å². The number of rotatable bonds is 6. The molecule has 0 spiro atoms. The maximum Gasteiger partial charge on any atom is 0.191 e. The minimum Gasteiger partial charge on any atom is -0.356 e. The van der Waals surface area contributed by atoms with Crippen LogP contribution >= 0.6 is 0 Å². The average Bonchev–Trinajstić information content (AvgIpc) is 2.89. The van der Waals surface area contributed by atoms with E-state index >= 15 is 0 Å². The SMILES string of the molecule is CCC1(CNC(=NC)NCCC2=CCCC2)CCC1. The van der Waals surface area contributed by atoms with E-state index in [-0.39, 0.29) is 0 Å². The van der Waals surface area contributed by atoms with Gasteiger partial charge >= 0.3 is 0 Å². The van der Waals surface area contributed by atoms with Gasteiger partial charge in [0, 0.05) is 20.1 Å². The van der Waals surface area contributed by atoms with Crippen LogP contribution in [-0.4, -0.2) is 26.1 Å². The van der Waals surface area contributed by atoms with Crippen LogP contribution < -0.4 is 10.6 Å². The van der Waals surface area contributed by atoms with E-state index in [1.165, 1.54) is 51.4 Å². The van der Waals surface area contributed by atoms with Crippen LogP contribution in [0.25, 0.3) is 0 Å². The van der Waals surface area contributed by atoms with Crippen molar-refractivity contribution in [1.29, 1.82) is 0 Å². The van der Waals surface area contributed by atoms with Crippen molar-refractivity contribution >= 4 is 5.96 Å². The van der Waals surface area contributed by atoms with Gasteiger partial charge in [-0.3, -0.25) is 4.99 Å². The highest BCUT2D eigenvalue weighted by atomic mass is 15.2. The van der Waals surface area contributed by atoms with E-state index in [1.54, 1.807) is 5.57 Å². The first-order valence-electron chi connectivity index (χ1n) is 7.90. The van der Waals surface area contributed by atoms with Gasteiger partial charge in [0.25, 0.3) is 0 Å². The Balaban J connectivity index is 1.65. The molecule has 0 amide bonds. The highest BCUT2D eigenvalue weighted by Gasteiger charge is 2.34. The largest absolute Gasteiger partial charge is 0.356 e. The maximum atomic E-state index is 4.32. The van der Waals surface area contributed by atoms with E-state index in [4.69, 9.17) is 0 Å². The number of nitrogens with zero attached hydrogens (tertiary/aromatic N) is 1. The Morgan fingerprint density at radius 2 is 2.16 bits per heavy atom. The lowest BCUT2D eigenvalue weighted by Gasteiger charge is -2.41. The number of hydrogen-bond donors (Lipinski definition) is 2. The van der Waals surface area contributed by atoms with Crippen LogP contribution in [-0.2, 0) is 0 Å². The van der Waals surface area contributed by atoms with Gasteiger partial charge in [-0.05, 0) is 50.4 Å². The van der Waals surface area contributed by atoms with E-state index in [1.807, 2.05) is 7.05 Å². The third kappa shape index (κ3) is 3.99. The van der Waals surface area contributed by atoms with Gasteiger partial charge in [-0.1, -0.05) is 25.0 Å². The summed E-state index contributed by atoms with van der Waals surface area (Å²) in [7, 11) is 1.86. The predicted octanol–water partition coefficient (Wildman–Crippen LogP) is 3.23. The van der Waals surface area contributed by atoms with Crippen LogP contribution in [0.1, 0.15) is 58.3 Å². The molecule has 108 valence electrons. The van der Waals surface area contributed by atoms with Crippen LogP contribution in [0, 0.1) is 5.41 Å². The lowest BCUT2D eigenvalue weighted by atomic mass is 9.67. The topological polar surface area (TPSA) is 36.4 Å². The summed E-state index contributed by atoms with van der Waals surface area (Å²) >= 11 is 0. The van der Waals surface area contributed by atoms with Gasteiger partial charge in [0.05, 0.1) is 0 Å². The molecule has 2 rings (SSSR count). The lowest BCUT2D eigenvalue weighted by molar-refractivity contribution is 0.131. The summed E-state index contributed by atoms with van der Waals surface area (Å²) < 4.78 is 0. The third-order valence-corrected chi connectivity index (χ3v) is 4.89. The molecule has 2 aliphatic carbocycles. The van der Waals surface area contributed by atoms with Gasteiger partial charge in [0.15, 0.2) is 5.96 Å². The average molecular weight is 263 g/mol. The first-order valence-corrected chi connectivity index (χ1v) is 7.90. The lowest BCUT2D eigenvalue weighted by Crippen LogP contribution is -2.46. The number of nitrogens with one attached hydrogen (secondary N) is 2. The molecule has 0 aromatic heterocycles. The molecule has 3 nitrogen and oxygen atoms in total. The van der Waals surface area contributed by atoms with Gasteiger partial charge in [-0.25, -0.2) is 0 Å². The molecule has 0 unspecified atom stereocenters. The summed E-state index contributed by atoms with van der Waals surface area (Å²) in [5, 5.41) is 6.95. The molecular weight excluding hydrogens is 234 g/mol. The Labute approximate surface area is 118 Å². The molecule has 0 bridgehead atoms. The molecule has 0 aromatic rings. The van der Waals surface area contributed by atoms with E-state index in [9.17, 15) is 0 Å². The number of aliphatic imine (C=N–C) groups is 1. The highest BCUT2D eigenvalue weighted by Crippen LogP contribution is 2.42. The summed E-state index contributed by atoms with van der Waals surface area (Å²) in [6, 6.07) is 0. The zero-order chi connectivity index (χ0) is 13.6. The Bertz CT molecular complexity index is 334. The van der Waals surface area contributed by atoms with Gasteiger partial charge in [-0.15, -0.1) is 0 Å². The Morgan fingerprint density at radius 1 is 1.32 bits per heavy atom. The molecule has 1 fully saturated rings. The van der Waals surface area contributed by atoms with Crippen molar-refractivity contribution in [2.24, 2.45) is 10.4 Å². The zero-order valence-electron chi connectivity index (χ0n) is 12.6. The van der Waals surface area contributed by atoms with Gasteiger partial charge in [-0.2, -0.15) is 0 Å². The smallest absolute Gasteiger partial charge is 0.191 e. The van der Waals surface area contributed by atoms with Crippen molar-refractivity contribution in [2.45, 2.75) is 58.3 Å². The van der Waals surface area contributed by atoms with Crippen molar-refractivity contribution in [3.63, 3.8) is 0 Å². The van der Waals surface area contributed by atoms with Crippen LogP contribution in [0.15, 0.2) is 16.6 Å². The van der Waals surface area contributed by atoms with Crippen LogP contribution in [0.4, 0.5) is 0 Å². The Morgan fingerprint density at radius 3 is 2.68 bits per heavy atom. The Hall–Kier alpha value is -0.990. The predicted molar refractivity (Wildman–Crippen MR) is 82.5 cm³/mol. The van der Waals surface area contributed by atoms with Gasteiger partial charge < -0.3 is 10.6 Å². The fourth-order valence-electron chi connectivity index (χ4n) is 3.13. The normalized spacial score (nSPS) is 21.8. The highest BCUT2D eigenvalue weighted by molar-refractivity contribution is 5.79. The standard InChI is InChI=1S/C16H29N3/c1-3-16(10-6-11-16)13-19-15(17-2)18-12-9-14-7-4-5-8-14/h7H,3-6,8-13H2,1-2H3,(H2,17,18,19). The molecule has 0 aromatic carbocycles. The minimum absolute atomic E-state index is 0.547. The van der Waals surface area contributed by atoms with Crippen molar-refractivity contribution in [3.8, 4) is 0 Å². The molecule has 0 atom stereocenters. The minimum atomic E-state index is 0.547. The van der Waals surface area contributed by atoms with E-state index in [0.717, 1.165) is 19.0 Å². The summed E-state index contributed by atoms with van der Waals surface area (Å²) in [6.07, 6.45) is 12.9. The summed E-state index contributed by atoms with van der Waals surface area (Å²) in [5.74, 6) is 0.971. The molecule has 2 N–H and O–H groups in total. The molecule has 3 heteroatoms. The number of guanidine groups is 1. The second-order valence-electron chi connectivity index (χ2n) is 6.06. The summed E-state index contributed by atoms with van der Waals surface area (Å²) in [6.45, 7) is 4.39. The van der Waals surface area contributed by atoms with Crippen molar-refractivity contribution in [2.75, 3.05) is 20.1 Å². The first kappa shape index (κ1) is 14.4.